The smallest absolute Gasteiger partial charge is 0.358 e. The zero-order valence-corrected chi connectivity index (χ0v) is 9.62. The predicted octanol–water partition coefficient (Wildman–Crippen LogP) is 1.18. The number of hydrogen-bond donors (Lipinski definition) is 1. The fourth-order valence-electron chi connectivity index (χ4n) is 1.18. The molecule has 0 aromatic carbocycles. The van der Waals surface area contributed by atoms with Crippen LogP contribution in [-0.4, -0.2) is 31.1 Å². The van der Waals surface area contributed by atoms with E-state index in [1.165, 1.54) is 10.9 Å². The molecule has 0 aliphatic heterocycles. The SMILES string of the molecule is O=C(O)c1cn(Cc2cccc(Br)n2)nn1. The summed E-state index contributed by atoms with van der Waals surface area (Å²) in [6.07, 6.45) is 1.37. The van der Waals surface area contributed by atoms with Crippen molar-refractivity contribution < 1.29 is 9.90 Å². The molecule has 0 aliphatic carbocycles. The Labute approximate surface area is 99.1 Å². The molecule has 0 unspecified atom stereocenters. The van der Waals surface area contributed by atoms with E-state index in [0.717, 1.165) is 10.3 Å². The number of carbonyl (C=O) groups is 1. The maximum absolute atomic E-state index is 10.6. The monoisotopic (exact) mass is 282 g/mol. The molecule has 2 aromatic rings. The normalized spacial score (nSPS) is 10.3. The van der Waals surface area contributed by atoms with Gasteiger partial charge in [0.25, 0.3) is 0 Å². The molecule has 0 radical (unpaired) electrons. The number of rotatable bonds is 3. The molecular weight excluding hydrogens is 276 g/mol. The number of hydrogen-bond acceptors (Lipinski definition) is 4. The van der Waals surface area contributed by atoms with E-state index in [2.05, 4.69) is 31.2 Å². The Morgan fingerprint density at radius 1 is 1.50 bits per heavy atom. The van der Waals surface area contributed by atoms with Gasteiger partial charge in [0.2, 0.25) is 0 Å². The molecule has 2 rings (SSSR count). The molecule has 0 spiro atoms. The number of aromatic nitrogens is 4. The fraction of sp³-hybridized carbons (Fsp3) is 0.111. The summed E-state index contributed by atoms with van der Waals surface area (Å²) in [5.41, 5.74) is 0.700. The van der Waals surface area contributed by atoms with Crippen LogP contribution in [0.3, 0.4) is 0 Å². The van der Waals surface area contributed by atoms with Crippen molar-refractivity contribution in [1.29, 1.82) is 0 Å². The number of carboxylic acids is 1. The van der Waals surface area contributed by atoms with Gasteiger partial charge in [-0.05, 0) is 28.1 Å². The minimum atomic E-state index is -1.09. The highest BCUT2D eigenvalue weighted by Gasteiger charge is 2.08. The Balaban J connectivity index is 2.17. The number of nitrogens with zero attached hydrogens (tertiary/aromatic N) is 4. The van der Waals surface area contributed by atoms with Gasteiger partial charge in [0.05, 0.1) is 18.4 Å². The van der Waals surface area contributed by atoms with Gasteiger partial charge in [0, 0.05) is 0 Å². The Morgan fingerprint density at radius 3 is 2.94 bits per heavy atom. The van der Waals surface area contributed by atoms with Gasteiger partial charge in [-0.25, -0.2) is 14.5 Å². The summed E-state index contributed by atoms with van der Waals surface area (Å²) in [7, 11) is 0. The zero-order valence-electron chi connectivity index (χ0n) is 8.04. The molecule has 16 heavy (non-hydrogen) atoms. The second-order valence-corrected chi connectivity index (χ2v) is 3.87. The lowest BCUT2D eigenvalue weighted by Gasteiger charge is -1.99. The average molecular weight is 283 g/mol. The minimum Gasteiger partial charge on any atom is -0.476 e. The molecule has 82 valence electrons. The molecule has 6 nitrogen and oxygen atoms in total. The van der Waals surface area contributed by atoms with Gasteiger partial charge in [-0.2, -0.15) is 0 Å². The van der Waals surface area contributed by atoms with Crippen LogP contribution in [0.5, 0.6) is 0 Å². The summed E-state index contributed by atoms with van der Waals surface area (Å²) < 4.78 is 2.15. The van der Waals surface area contributed by atoms with Crippen LogP contribution in [0.25, 0.3) is 0 Å². The van der Waals surface area contributed by atoms with E-state index in [4.69, 9.17) is 5.11 Å². The van der Waals surface area contributed by atoms with Gasteiger partial charge in [-0.15, -0.1) is 5.10 Å². The molecule has 0 bridgehead atoms. The highest BCUT2D eigenvalue weighted by Crippen LogP contribution is 2.07. The molecule has 2 aromatic heterocycles. The Kier molecular flexibility index (Phi) is 2.95. The first-order valence-corrected chi connectivity index (χ1v) is 5.19. The first-order chi connectivity index (χ1) is 7.65. The highest BCUT2D eigenvalue weighted by molar-refractivity contribution is 9.10. The third kappa shape index (κ3) is 2.43. The van der Waals surface area contributed by atoms with E-state index in [1.807, 2.05) is 18.2 Å². The second-order valence-electron chi connectivity index (χ2n) is 3.06. The Hall–Kier alpha value is -1.76. The lowest BCUT2D eigenvalue weighted by Crippen LogP contribution is -2.02. The number of halogens is 1. The first kappa shape index (κ1) is 10.7. The van der Waals surface area contributed by atoms with E-state index in [0.29, 0.717) is 6.54 Å². The summed E-state index contributed by atoms with van der Waals surface area (Å²) in [5.74, 6) is -1.09. The van der Waals surface area contributed by atoms with Gasteiger partial charge in [0.15, 0.2) is 5.69 Å². The van der Waals surface area contributed by atoms with Gasteiger partial charge < -0.3 is 5.11 Å². The van der Waals surface area contributed by atoms with E-state index < -0.39 is 5.97 Å². The Bertz CT molecular complexity index is 526. The van der Waals surface area contributed by atoms with E-state index in [1.54, 1.807) is 0 Å². The molecule has 0 saturated carbocycles. The molecule has 0 aliphatic rings. The number of pyridine rings is 1. The van der Waals surface area contributed by atoms with Crippen LogP contribution in [0.4, 0.5) is 0 Å². The van der Waals surface area contributed by atoms with Crippen LogP contribution >= 0.6 is 15.9 Å². The van der Waals surface area contributed by atoms with Crippen molar-refractivity contribution in [1.82, 2.24) is 20.0 Å². The fourth-order valence-corrected chi connectivity index (χ4v) is 1.56. The van der Waals surface area contributed by atoms with Crippen LogP contribution in [0.1, 0.15) is 16.2 Å². The lowest BCUT2D eigenvalue weighted by molar-refractivity contribution is 0.0690. The molecular formula is C9H7BrN4O2. The van der Waals surface area contributed by atoms with Crippen molar-refractivity contribution in [2.45, 2.75) is 6.54 Å². The molecule has 0 atom stereocenters. The molecule has 1 N–H and O–H groups in total. The average Bonchev–Trinajstić information content (AvgIpc) is 2.66. The van der Waals surface area contributed by atoms with Crippen molar-refractivity contribution in [3.63, 3.8) is 0 Å². The van der Waals surface area contributed by atoms with Crippen molar-refractivity contribution in [2.75, 3.05) is 0 Å². The van der Waals surface area contributed by atoms with Gasteiger partial charge in [-0.1, -0.05) is 11.3 Å². The molecule has 2 heterocycles. The lowest BCUT2D eigenvalue weighted by atomic mass is 10.3. The van der Waals surface area contributed by atoms with E-state index in [-0.39, 0.29) is 5.69 Å². The summed E-state index contributed by atoms with van der Waals surface area (Å²) in [6.45, 7) is 0.389. The summed E-state index contributed by atoms with van der Waals surface area (Å²) in [4.78, 5) is 14.8. The summed E-state index contributed by atoms with van der Waals surface area (Å²) in [6, 6.07) is 5.49. The third-order valence-corrected chi connectivity index (χ3v) is 2.30. The number of aromatic carboxylic acids is 1. The largest absolute Gasteiger partial charge is 0.476 e. The van der Waals surface area contributed by atoms with Gasteiger partial charge >= 0.3 is 5.97 Å². The van der Waals surface area contributed by atoms with Crippen LogP contribution in [-0.2, 0) is 6.54 Å². The van der Waals surface area contributed by atoms with Gasteiger partial charge in [0.1, 0.15) is 4.60 Å². The second kappa shape index (κ2) is 4.40. The molecule has 7 heteroatoms. The quantitative estimate of drug-likeness (QED) is 0.855. The maximum atomic E-state index is 10.6. The van der Waals surface area contributed by atoms with E-state index in [9.17, 15) is 4.79 Å². The van der Waals surface area contributed by atoms with Crippen molar-refractivity contribution >= 4 is 21.9 Å². The first-order valence-electron chi connectivity index (χ1n) is 4.40. The minimum absolute atomic E-state index is 0.0741. The standard InChI is InChI=1S/C9H7BrN4O2/c10-8-3-1-2-6(11-8)4-14-5-7(9(15)16)12-13-14/h1-3,5H,4H2,(H,15,16). The van der Waals surface area contributed by atoms with Crippen molar-refractivity contribution in [2.24, 2.45) is 0 Å². The van der Waals surface area contributed by atoms with Crippen molar-refractivity contribution in [3.05, 3.63) is 40.4 Å². The zero-order chi connectivity index (χ0) is 11.5. The summed E-state index contributed by atoms with van der Waals surface area (Å²) in [5, 5.41) is 15.9. The van der Waals surface area contributed by atoms with Crippen LogP contribution in [0.2, 0.25) is 0 Å². The maximum Gasteiger partial charge on any atom is 0.358 e. The van der Waals surface area contributed by atoms with E-state index >= 15 is 0 Å². The molecule has 0 fully saturated rings. The molecule has 0 saturated heterocycles. The predicted molar refractivity (Wildman–Crippen MR) is 58.0 cm³/mol. The number of carboxylic acid groups (broad SMARTS) is 1. The third-order valence-electron chi connectivity index (χ3n) is 1.85. The topological polar surface area (TPSA) is 80.9 Å². The van der Waals surface area contributed by atoms with Gasteiger partial charge in [-0.3, -0.25) is 0 Å². The Morgan fingerprint density at radius 2 is 2.31 bits per heavy atom. The highest BCUT2D eigenvalue weighted by atomic mass is 79.9. The van der Waals surface area contributed by atoms with Crippen LogP contribution < -0.4 is 0 Å². The van der Waals surface area contributed by atoms with Crippen LogP contribution in [0.15, 0.2) is 29.0 Å². The van der Waals surface area contributed by atoms with Crippen molar-refractivity contribution in [3.8, 4) is 0 Å². The van der Waals surface area contributed by atoms with Crippen LogP contribution in [0, 0.1) is 0 Å². The summed E-state index contributed by atoms with van der Waals surface area (Å²) >= 11 is 3.25. The molecule has 0 amide bonds.